The molecule has 1 aromatic rings. The molecule has 3 heteroatoms. The highest BCUT2D eigenvalue weighted by Crippen LogP contribution is 2.18. The van der Waals surface area contributed by atoms with E-state index in [0.29, 0.717) is 6.54 Å². The van der Waals surface area contributed by atoms with Crippen molar-refractivity contribution in [3.63, 3.8) is 0 Å². The second-order valence-corrected chi connectivity index (χ2v) is 3.12. The van der Waals surface area contributed by atoms with Gasteiger partial charge in [-0.2, -0.15) is 0 Å². The predicted octanol–water partition coefficient (Wildman–Crippen LogP) is 2.35. The molecule has 0 bridgehead atoms. The molecule has 1 aromatic carbocycles. The number of rotatable bonds is 4. The molecule has 76 valence electrons. The molecule has 0 atom stereocenters. The van der Waals surface area contributed by atoms with Crippen molar-refractivity contribution in [3.8, 4) is 0 Å². The topological polar surface area (TPSA) is 33.6 Å². The van der Waals surface area contributed by atoms with Crippen LogP contribution in [0.25, 0.3) is 0 Å². The Hall–Kier alpha value is -1.51. The van der Waals surface area contributed by atoms with Crippen molar-refractivity contribution in [1.29, 1.82) is 0 Å². The van der Waals surface area contributed by atoms with Gasteiger partial charge in [0.2, 0.25) is 0 Å². The minimum Gasteiger partial charge on any atom is -0.399 e. The molecular weight excluding hydrogens is 176 g/mol. The molecule has 0 heterocycles. The monoisotopic (exact) mass is 192 g/mol. The van der Waals surface area contributed by atoms with E-state index in [1.165, 1.54) is 23.9 Å². The number of hydrogen-bond donors (Lipinski definition) is 1. The lowest BCUT2D eigenvalue weighted by molar-refractivity contribution is 0.215. The van der Waals surface area contributed by atoms with Crippen LogP contribution in [0.1, 0.15) is 11.1 Å². The van der Waals surface area contributed by atoms with Crippen molar-refractivity contribution in [1.82, 2.24) is 0 Å². The Labute approximate surface area is 84.8 Å². The zero-order valence-corrected chi connectivity index (χ0v) is 8.87. The first-order valence-electron chi connectivity index (χ1n) is 4.60. The standard InChI is InChI=1S/C11H16N2O/c1-9-5-4-6-10(2)11(9)12-7-8-13-14-3/h4-6,8,12H,7H2,1-3H3. The maximum atomic E-state index is 4.57. The van der Waals surface area contributed by atoms with Crippen LogP contribution in [0, 0.1) is 13.8 Å². The molecule has 0 saturated heterocycles. The van der Waals surface area contributed by atoms with Crippen LogP contribution in [0.4, 0.5) is 5.69 Å². The Kier molecular flexibility index (Phi) is 3.98. The first-order chi connectivity index (χ1) is 6.75. The van der Waals surface area contributed by atoms with Crippen LogP contribution in [0.5, 0.6) is 0 Å². The van der Waals surface area contributed by atoms with Crippen LogP contribution in [0.3, 0.4) is 0 Å². The summed E-state index contributed by atoms with van der Waals surface area (Å²) >= 11 is 0. The minimum atomic E-state index is 0.680. The highest BCUT2D eigenvalue weighted by Gasteiger charge is 1.98. The average Bonchev–Trinajstić information content (AvgIpc) is 2.16. The Morgan fingerprint density at radius 2 is 2.00 bits per heavy atom. The van der Waals surface area contributed by atoms with Crippen LogP contribution < -0.4 is 5.32 Å². The second kappa shape index (κ2) is 5.27. The molecule has 0 saturated carbocycles. The van der Waals surface area contributed by atoms with Gasteiger partial charge in [0.1, 0.15) is 7.11 Å². The van der Waals surface area contributed by atoms with Gasteiger partial charge in [0.25, 0.3) is 0 Å². The molecule has 0 amide bonds. The van der Waals surface area contributed by atoms with Crippen molar-refractivity contribution < 1.29 is 4.84 Å². The third-order valence-corrected chi connectivity index (χ3v) is 2.03. The lowest BCUT2D eigenvalue weighted by Crippen LogP contribution is -2.05. The fourth-order valence-electron chi connectivity index (χ4n) is 1.35. The lowest BCUT2D eigenvalue weighted by Gasteiger charge is -2.09. The molecule has 0 spiro atoms. The summed E-state index contributed by atoms with van der Waals surface area (Å²) in [6.07, 6.45) is 1.70. The van der Waals surface area contributed by atoms with E-state index in [1.807, 2.05) is 0 Å². The van der Waals surface area contributed by atoms with E-state index in [-0.39, 0.29) is 0 Å². The van der Waals surface area contributed by atoms with E-state index in [9.17, 15) is 0 Å². The van der Waals surface area contributed by atoms with Gasteiger partial charge in [-0.3, -0.25) is 0 Å². The van der Waals surface area contributed by atoms with Gasteiger partial charge in [-0.25, -0.2) is 0 Å². The lowest BCUT2D eigenvalue weighted by atomic mass is 10.1. The van der Waals surface area contributed by atoms with Crippen molar-refractivity contribution in [2.75, 3.05) is 19.0 Å². The number of hydrogen-bond acceptors (Lipinski definition) is 3. The third-order valence-electron chi connectivity index (χ3n) is 2.03. The molecule has 1 rings (SSSR count). The van der Waals surface area contributed by atoms with Crippen molar-refractivity contribution in [2.45, 2.75) is 13.8 Å². The smallest absolute Gasteiger partial charge is 0.106 e. The Balaban J connectivity index is 2.62. The molecular formula is C11H16N2O. The fraction of sp³-hybridized carbons (Fsp3) is 0.364. The van der Waals surface area contributed by atoms with Crippen molar-refractivity contribution in [2.24, 2.45) is 5.16 Å². The minimum absolute atomic E-state index is 0.680. The number of para-hydroxylation sites is 1. The predicted molar refractivity (Wildman–Crippen MR) is 59.9 cm³/mol. The summed E-state index contributed by atoms with van der Waals surface area (Å²) in [5, 5.41) is 6.95. The maximum Gasteiger partial charge on any atom is 0.106 e. The molecule has 14 heavy (non-hydrogen) atoms. The summed E-state index contributed by atoms with van der Waals surface area (Å²) in [4.78, 5) is 4.57. The van der Waals surface area contributed by atoms with Gasteiger partial charge < -0.3 is 10.2 Å². The first kappa shape index (κ1) is 10.6. The van der Waals surface area contributed by atoms with Gasteiger partial charge in [-0.1, -0.05) is 23.4 Å². The average molecular weight is 192 g/mol. The van der Waals surface area contributed by atoms with Crippen molar-refractivity contribution in [3.05, 3.63) is 29.3 Å². The number of aryl methyl sites for hydroxylation is 2. The first-order valence-corrected chi connectivity index (χ1v) is 4.60. The normalized spacial score (nSPS) is 10.5. The summed E-state index contributed by atoms with van der Waals surface area (Å²) in [5.41, 5.74) is 3.67. The Bertz CT molecular complexity index is 301. The number of oxime groups is 1. The van der Waals surface area contributed by atoms with Gasteiger partial charge in [0.05, 0.1) is 12.8 Å². The van der Waals surface area contributed by atoms with E-state index in [4.69, 9.17) is 0 Å². The zero-order valence-electron chi connectivity index (χ0n) is 8.87. The van der Waals surface area contributed by atoms with E-state index < -0.39 is 0 Å². The molecule has 0 aliphatic carbocycles. The maximum absolute atomic E-state index is 4.57. The molecule has 0 unspecified atom stereocenters. The number of benzene rings is 1. The molecule has 0 fully saturated rings. The van der Waals surface area contributed by atoms with E-state index in [0.717, 1.165) is 0 Å². The van der Waals surface area contributed by atoms with Gasteiger partial charge in [-0.05, 0) is 25.0 Å². The quantitative estimate of drug-likeness (QED) is 0.587. The van der Waals surface area contributed by atoms with Crippen LogP contribution in [-0.2, 0) is 4.84 Å². The van der Waals surface area contributed by atoms with Crippen LogP contribution in [0.15, 0.2) is 23.4 Å². The zero-order chi connectivity index (χ0) is 10.4. The molecule has 0 aromatic heterocycles. The van der Waals surface area contributed by atoms with Gasteiger partial charge in [0.15, 0.2) is 0 Å². The molecule has 0 radical (unpaired) electrons. The number of anilines is 1. The van der Waals surface area contributed by atoms with Crippen LogP contribution in [0.2, 0.25) is 0 Å². The highest BCUT2D eigenvalue weighted by atomic mass is 16.6. The summed E-state index contributed by atoms with van der Waals surface area (Å²) < 4.78 is 0. The largest absolute Gasteiger partial charge is 0.399 e. The Morgan fingerprint density at radius 3 is 2.57 bits per heavy atom. The second-order valence-electron chi connectivity index (χ2n) is 3.12. The Morgan fingerprint density at radius 1 is 1.36 bits per heavy atom. The summed E-state index contributed by atoms with van der Waals surface area (Å²) in [5.74, 6) is 0. The van der Waals surface area contributed by atoms with Gasteiger partial charge in [0, 0.05) is 5.69 Å². The van der Waals surface area contributed by atoms with E-state index in [1.54, 1.807) is 6.21 Å². The molecule has 0 aliphatic heterocycles. The number of nitrogens with zero attached hydrogens (tertiary/aromatic N) is 1. The van der Waals surface area contributed by atoms with E-state index in [2.05, 4.69) is 47.4 Å². The fourth-order valence-corrected chi connectivity index (χ4v) is 1.35. The van der Waals surface area contributed by atoms with Crippen LogP contribution >= 0.6 is 0 Å². The number of nitrogens with one attached hydrogen (secondary N) is 1. The molecule has 0 aliphatic rings. The summed E-state index contributed by atoms with van der Waals surface area (Å²) in [7, 11) is 1.54. The van der Waals surface area contributed by atoms with Crippen molar-refractivity contribution >= 4 is 11.9 Å². The van der Waals surface area contributed by atoms with Crippen LogP contribution in [-0.4, -0.2) is 19.9 Å². The van der Waals surface area contributed by atoms with E-state index >= 15 is 0 Å². The summed E-state index contributed by atoms with van der Waals surface area (Å²) in [6, 6.07) is 6.23. The van der Waals surface area contributed by atoms with Gasteiger partial charge in [-0.15, -0.1) is 0 Å². The third kappa shape index (κ3) is 2.76. The molecule has 1 N–H and O–H groups in total. The highest BCUT2D eigenvalue weighted by molar-refractivity contribution is 5.67. The summed E-state index contributed by atoms with van der Waals surface area (Å²) in [6.45, 7) is 4.85. The van der Waals surface area contributed by atoms with Gasteiger partial charge >= 0.3 is 0 Å². The SMILES string of the molecule is CON=CCNc1c(C)cccc1C. The molecule has 3 nitrogen and oxygen atoms in total.